The SMILES string of the molecule is CC1=NC(C(F)(F)F)(C(F)(F)F)NC(=O)N1C1CCCCC1. The number of urea groups is 1. The molecular formula is C12H15F6N3O. The predicted octanol–water partition coefficient (Wildman–Crippen LogP) is 3.58. The topological polar surface area (TPSA) is 44.7 Å². The van der Waals surface area contributed by atoms with Crippen molar-refractivity contribution in [1.82, 2.24) is 10.2 Å². The normalized spacial score (nSPS) is 24.0. The fourth-order valence-corrected chi connectivity index (χ4v) is 2.88. The number of carbonyl (C=O) groups is 1. The molecular weight excluding hydrogens is 316 g/mol. The van der Waals surface area contributed by atoms with Crippen molar-refractivity contribution in [1.29, 1.82) is 0 Å². The Labute approximate surface area is 122 Å². The minimum absolute atomic E-state index is 0.419. The molecule has 1 aliphatic heterocycles. The number of halogens is 6. The van der Waals surface area contributed by atoms with E-state index in [2.05, 4.69) is 4.99 Å². The summed E-state index contributed by atoms with van der Waals surface area (Å²) < 4.78 is 77.7. The van der Waals surface area contributed by atoms with E-state index < -0.39 is 35.9 Å². The van der Waals surface area contributed by atoms with Crippen molar-refractivity contribution in [3.05, 3.63) is 0 Å². The van der Waals surface area contributed by atoms with Crippen LogP contribution in [0.25, 0.3) is 0 Å². The Bertz CT molecular complexity index is 464. The summed E-state index contributed by atoms with van der Waals surface area (Å²) in [5.41, 5.74) is -4.58. The van der Waals surface area contributed by atoms with Gasteiger partial charge in [-0.05, 0) is 19.8 Å². The van der Waals surface area contributed by atoms with Crippen molar-refractivity contribution in [2.45, 2.75) is 63.1 Å². The van der Waals surface area contributed by atoms with Gasteiger partial charge in [-0.2, -0.15) is 26.3 Å². The molecule has 2 aliphatic rings. The summed E-state index contributed by atoms with van der Waals surface area (Å²) in [4.78, 5) is 15.7. The van der Waals surface area contributed by atoms with Crippen LogP contribution in [0.2, 0.25) is 0 Å². The van der Waals surface area contributed by atoms with E-state index in [0.29, 0.717) is 12.8 Å². The van der Waals surface area contributed by atoms with Gasteiger partial charge in [0, 0.05) is 6.04 Å². The van der Waals surface area contributed by atoms with Crippen LogP contribution in [0.5, 0.6) is 0 Å². The van der Waals surface area contributed by atoms with Crippen LogP contribution < -0.4 is 5.32 Å². The highest BCUT2D eigenvalue weighted by Crippen LogP contribution is 2.46. The minimum Gasteiger partial charge on any atom is -0.298 e. The number of aliphatic imine (C=N–C) groups is 1. The lowest BCUT2D eigenvalue weighted by Crippen LogP contribution is -2.72. The van der Waals surface area contributed by atoms with Crippen molar-refractivity contribution in [2.24, 2.45) is 4.99 Å². The van der Waals surface area contributed by atoms with Crippen molar-refractivity contribution in [3.63, 3.8) is 0 Å². The predicted molar refractivity (Wildman–Crippen MR) is 65.2 cm³/mol. The Morgan fingerprint density at radius 2 is 1.59 bits per heavy atom. The molecule has 2 amide bonds. The molecule has 0 aromatic heterocycles. The molecule has 10 heteroatoms. The van der Waals surface area contributed by atoms with Gasteiger partial charge in [-0.1, -0.05) is 19.3 Å². The zero-order chi connectivity index (χ0) is 16.8. The number of hydrogen-bond donors (Lipinski definition) is 1. The highest BCUT2D eigenvalue weighted by molar-refractivity contribution is 5.99. The van der Waals surface area contributed by atoms with Gasteiger partial charge in [0.1, 0.15) is 5.84 Å². The van der Waals surface area contributed by atoms with Crippen molar-refractivity contribution < 1.29 is 31.1 Å². The van der Waals surface area contributed by atoms with Crippen LogP contribution in [0, 0.1) is 0 Å². The molecule has 0 bridgehead atoms. The molecule has 0 aromatic carbocycles. The molecule has 0 aromatic rings. The summed E-state index contributed by atoms with van der Waals surface area (Å²) in [6, 6.07) is -1.83. The molecule has 1 aliphatic carbocycles. The fourth-order valence-electron chi connectivity index (χ4n) is 2.88. The van der Waals surface area contributed by atoms with E-state index in [1.807, 2.05) is 0 Å². The third kappa shape index (κ3) is 2.63. The van der Waals surface area contributed by atoms with Gasteiger partial charge in [0.25, 0.3) is 0 Å². The van der Waals surface area contributed by atoms with Gasteiger partial charge >= 0.3 is 24.0 Å². The smallest absolute Gasteiger partial charge is 0.298 e. The number of hydrogen-bond acceptors (Lipinski definition) is 2. The number of alkyl halides is 6. The van der Waals surface area contributed by atoms with E-state index in [-0.39, 0.29) is 0 Å². The van der Waals surface area contributed by atoms with Crippen LogP contribution in [-0.4, -0.2) is 40.8 Å². The molecule has 0 saturated heterocycles. The second-order valence-corrected chi connectivity index (χ2v) is 5.46. The Morgan fingerprint density at radius 1 is 1.09 bits per heavy atom. The minimum atomic E-state index is -5.78. The Hall–Kier alpha value is -1.48. The van der Waals surface area contributed by atoms with Crippen LogP contribution in [-0.2, 0) is 0 Å². The monoisotopic (exact) mass is 331 g/mol. The number of nitrogens with zero attached hydrogens (tertiary/aromatic N) is 2. The summed E-state index contributed by atoms with van der Waals surface area (Å²) in [5.74, 6) is -0.565. The first-order valence-corrected chi connectivity index (χ1v) is 6.81. The third-order valence-corrected chi connectivity index (χ3v) is 3.95. The zero-order valence-electron chi connectivity index (χ0n) is 11.7. The maximum absolute atomic E-state index is 12.9. The highest BCUT2D eigenvalue weighted by Gasteiger charge is 2.74. The summed E-state index contributed by atoms with van der Waals surface area (Å²) in [5, 5.41) is 1.04. The van der Waals surface area contributed by atoms with Crippen LogP contribution >= 0.6 is 0 Å². The Balaban J connectivity index is 2.43. The first-order valence-electron chi connectivity index (χ1n) is 6.81. The molecule has 2 rings (SSSR count). The van der Waals surface area contributed by atoms with Gasteiger partial charge in [-0.15, -0.1) is 0 Å². The first kappa shape index (κ1) is 16.9. The van der Waals surface area contributed by atoms with Gasteiger partial charge in [-0.25, -0.2) is 9.79 Å². The van der Waals surface area contributed by atoms with E-state index >= 15 is 0 Å². The van der Waals surface area contributed by atoms with Crippen LogP contribution in [0.1, 0.15) is 39.0 Å². The quantitative estimate of drug-likeness (QED) is 0.734. The lowest BCUT2D eigenvalue weighted by molar-refractivity contribution is -0.302. The standard InChI is InChI=1S/C12H15F6N3O/c1-7-19-10(11(13,14)15,12(16,17)18)20-9(22)21(7)8-5-3-2-4-6-8/h8H,2-6H2,1H3,(H,20,22). The highest BCUT2D eigenvalue weighted by atomic mass is 19.4. The lowest BCUT2D eigenvalue weighted by Gasteiger charge is -2.43. The van der Waals surface area contributed by atoms with Crippen molar-refractivity contribution >= 4 is 11.9 Å². The maximum Gasteiger partial charge on any atom is 0.441 e. The Kier molecular flexibility index (Phi) is 4.07. The summed E-state index contributed by atoms with van der Waals surface area (Å²) in [7, 11) is 0. The van der Waals surface area contributed by atoms with Gasteiger partial charge in [0.15, 0.2) is 0 Å². The molecule has 0 atom stereocenters. The number of carbonyl (C=O) groups excluding carboxylic acids is 1. The number of nitrogens with one attached hydrogen (secondary N) is 1. The van der Waals surface area contributed by atoms with Gasteiger partial charge < -0.3 is 0 Å². The van der Waals surface area contributed by atoms with E-state index in [1.165, 1.54) is 0 Å². The molecule has 0 spiro atoms. The van der Waals surface area contributed by atoms with Crippen LogP contribution in [0.3, 0.4) is 0 Å². The second-order valence-electron chi connectivity index (χ2n) is 5.46. The average Bonchev–Trinajstić information content (AvgIpc) is 2.36. The zero-order valence-corrected chi connectivity index (χ0v) is 11.7. The molecule has 1 heterocycles. The number of rotatable bonds is 1. The number of amides is 2. The molecule has 4 nitrogen and oxygen atoms in total. The fraction of sp³-hybridized carbons (Fsp3) is 0.833. The molecule has 0 radical (unpaired) electrons. The molecule has 0 unspecified atom stereocenters. The largest absolute Gasteiger partial charge is 0.441 e. The average molecular weight is 331 g/mol. The van der Waals surface area contributed by atoms with Crippen molar-refractivity contribution in [3.8, 4) is 0 Å². The summed E-state index contributed by atoms with van der Waals surface area (Å²) in [6.07, 6.45) is -8.02. The van der Waals surface area contributed by atoms with E-state index in [1.54, 1.807) is 0 Å². The second kappa shape index (κ2) is 5.31. The number of amidine groups is 1. The van der Waals surface area contributed by atoms with Gasteiger partial charge in [-0.3, -0.25) is 10.2 Å². The van der Waals surface area contributed by atoms with Crippen molar-refractivity contribution in [2.75, 3.05) is 0 Å². The summed E-state index contributed by atoms with van der Waals surface area (Å²) >= 11 is 0. The van der Waals surface area contributed by atoms with Gasteiger partial charge in [0.2, 0.25) is 0 Å². The van der Waals surface area contributed by atoms with Gasteiger partial charge in [0.05, 0.1) is 0 Å². The molecule has 126 valence electrons. The molecule has 22 heavy (non-hydrogen) atoms. The maximum atomic E-state index is 12.9. The molecule has 1 N–H and O–H groups in total. The Morgan fingerprint density at radius 3 is 2.00 bits per heavy atom. The van der Waals surface area contributed by atoms with Crippen LogP contribution in [0.4, 0.5) is 31.1 Å². The van der Waals surface area contributed by atoms with E-state index in [0.717, 1.165) is 36.4 Å². The third-order valence-electron chi connectivity index (χ3n) is 3.95. The van der Waals surface area contributed by atoms with Crippen LogP contribution in [0.15, 0.2) is 4.99 Å². The first-order chi connectivity index (χ1) is 9.99. The lowest BCUT2D eigenvalue weighted by atomic mass is 9.94. The molecule has 1 fully saturated rings. The van der Waals surface area contributed by atoms with E-state index in [9.17, 15) is 31.1 Å². The van der Waals surface area contributed by atoms with E-state index in [4.69, 9.17) is 0 Å². The molecule has 1 saturated carbocycles. The summed E-state index contributed by atoms with van der Waals surface area (Å²) in [6.45, 7) is 1.000.